The van der Waals surface area contributed by atoms with E-state index in [0.29, 0.717) is 0 Å². The van der Waals surface area contributed by atoms with Crippen LogP contribution < -0.4 is 0 Å². The maximum atomic E-state index is 8.42. The Labute approximate surface area is 87.3 Å². The Bertz CT molecular complexity index is 569. The third-order valence-electron chi connectivity index (χ3n) is 1.51. The summed E-state index contributed by atoms with van der Waals surface area (Å²) >= 11 is 0. The van der Waals surface area contributed by atoms with E-state index >= 15 is 0 Å². The van der Waals surface area contributed by atoms with Crippen molar-refractivity contribution in [3.05, 3.63) is 30.1 Å². The molecular weight excluding hydrogens is 148 g/mol. The molecule has 0 N–H and O–H groups in total. The number of likely N-dealkylation sites (tertiary alicyclic amines) is 1. The molecule has 1 aliphatic heterocycles. The van der Waals surface area contributed by atoms with Crippen LogP contribution in [0.4, 0.5) is 0 Å². The van der Waals surface area contributed by atoms with Crippen LogP contribution in [0.2, 0.25) is 0 Å². The van der Waals surface area contributed by atoms with Gasteiger partial charge in [0.15, 0.2) is 0 Å². The lowest BCUT2D eigenvalue weighted by atomic mass is 10.1. The smallest absolute Gasteiger partial charge is 0.0519 e. The molecule has 2 nitrogen and oxygen atoms in total. The fourth-order valence-corrected chi connectivity index (χ4v) is 0.959. The van der Waals surface area contributed by atoms with E-state index in [1.807, 2.05) is 0 Å². The zero-order valence-electron chi connectivity index (χ0n) is 16.2. The first-order valence-corrected chi connectivity index (χ1v) is 3.43. The lowest BCUT2D eigenvalue weighted by Gasteiger charge is -2.18. The van der Waals surface area contributed by atoms with Crippen molar-refractivity contribution in [1.29, 1.82) is 0 Å². The van der Waals surface area contributed by atoms with Gasteiger partial charge in [-0.2, -0.15) is 0 Å². The largest absolute Gasteiger partial charge is 0.299 e. The number of pyridine rings is 1. The van der Waals surface area contributed by atoms with E-state index in [1.165, 1.54) is 18.3 Å². The summed E-state index contributed by atoms with van der Waals surface area (Å²) in [7, 11) is 0. The maximum absolute atomic E-state index is 8.42. The van der Waals surface area contributed by atoms with Gasteiger partial charge in [-0.05, 0) is 37.8 Å². The SMILES string of the molecule is [2H]C([2H])([2H])N1C([2H])([2H])C([2H])([2H])C([2H])([2H])[C@@]1([2H])c1cccnc1. The van der Waals surface area contributed by atoms with E-state index in [0.717, 1.165) is 6.20 Å². The maximum Gasteiger partial charge on any atom is 0.0519 e. The summed E-state index contributed by atoms with van der Waals surface area (Å²) in [4.78, 5) is 3.69. The van der Waals surface area contributed by atoms with E-state index in [1.54, 1.807) is 0 Å². The van der Waals surface area contributed by atoms with Gasteiger partial charge in [-0.1, -0.05) is 6.07 Å². The van der Waals surface area contributed by atoms with Crippen LogP contribution in [-0.2, 0) is 0 Å². The van der Waals surface area contributed by atoms with Crippen LogP contribution in [-0.4, -0.2) is 23.4 Å². The number of aromatic nitrogens is 1. The second-order valence-electron chi connectivity index (χ2n) is 2.29. The minimum atomic E-state index is -3.23. The van der Waals surface area contributed by atoms with Crippen LogP contribution in [0.5, 0.6) is 0 Å². The van der Waals surface area contributed by atoms with Gasteiger partial charge in [0.1, 0.15) is 0 Å². The third-order valence-corrected chi connectivity index (χ3v) is 1.51. The second kappa shape index (κ2) is 3.23. The summed E-state index contributed by atoms with van der Waals surface area (Å²) in [6, 6.07) is -0.226. The average molecular weight is 172 g/mol. The van der Waals surface area contributed by atoms with E-state index in [2.05, 4.69) is 4.98 Å². The topological polar surface area (TPSA) is 16.1 Å². The van der Waals surface area contributed by atoms with Crippen LogP contribution in [0.15, 0.2) is 24.5 Å². The minimum absolute atomic E-state index is 0.0238. The summed E-state index contributed by atoms with van der Waals surface area (Å²) < 4.78 is 78.1. The zero-order chi connectivity index (χ0) is 17.2. The molecule has 64 valence electrons. The zero-order valence-corrected chi connectivity index (χ0v) is 6.20. The Morgan fingerprint density at radius 3 is 3.67 bits per heavy atom. The highest BCUT2D eigenvalue weighted by atomic mass is 15.1. The first kappa shape index (κ1) is 2.32. The molecule has 0 aromatic carbocycles. The molecule has 12 heavy (non-hydrogen) atoms. The summed E-state index contributed by atoms with van der Waals surface area (Å²) in [6.07, 6.45) is -3.99. The van der Waals surface area contributed by atoms with Gasteiger partial charge in [0.2, 0.25) is 0 Å². The first-order chi connectivity index (χ1) is 9.72. The van der Waals surface area contributed by atoms with Gasteiger partial charge < -0.3 is 0 Å². The number of hydrogen-bond donors (Lipinski definition) is 0. The normalized spacial score (nSPS) is 56.7. The molecule has 0 bridgehead atoms. The molecular formula is C10H14N2. The number of hydrogen-bond acceptors (Lipinski definition) is 2. The molecule has 0 saturated carbocycles. The molecule has 0 aliphatic carbocycles. The lowest BCUT2D eigenvalue weighted by molar-refractivity contribution is 0.317. The van der Waals surface area contributed by atoms with Crippen molar-refractivity contribution in [2.45, 2.75) is 18.8 Å². The lowest BCUT2D eigenvalue weighted by Crippen LogP contribution is -2.17. The van der Waals surface area contributed by atoms with Gasteiger partial charge in [-0.3, -0.25) is 9.88 Å². The monoisotopic (exact) mass is 172 g/mol. The molecule has 2 heterocycles. The quantitative estimate of drug-likeness (QED) is 0.642. The van der Waals surface area contributed by atoms with Crippen molar-refractivity contribution >= 4 is 0 Å². The van der Waals surface area contributed by atoms with Gasteiger partial charge in [-0.25, -0.2) is 0 Å². The standard InChI is InChI=1S/C10H14N2/c1-12-7-3-5-10(12)9-4-2-6-11-8-9/h2,4,6,8,10H,3,5,7H2,1H3/t10-/m0/s1/i1D3,3D2,5D2,7D2,10D. The first-order valence-electron chi connectivity index (χ1n) is 8.43. The van der Waals surface area contributed by atoms with E-state index in [-0.39, 0.29) is 10.5 Å². The summed E-state index contributed by atoms with van der Waals surface area (Å²) in [5.74, 6) is 0. The van der Waals surface area contributed by atoms with Crippen molar-refractivity contribution in [1.82, 2.24) is 9.88 Å². The number of nitrogens with zero attached hydrogens (tertiary/aromatic N) is 2. The predicted octanol–water partition coefficient (Wildman–Crippen LogP) is 1.85. The molecule has 0 spiro atoms. The van der Waals surface area contributed by atoms with Crippen molar-refractivity contribution in [3.63, 3.8) is 0 Å². The molecule has 1 atom stereocenters. The second-order valence-corrected chi connectivity index (χ2v) is 2.29. The summed E-state index contributed by atoms with van der Waals surface area (Å²) in [5, 5.41) is 0. The summed E-state index contributed by atoms with van der Waals surface area (Å²) in [6.45, 7) is -6.45. The Hall–Kier alpha value is -0.890. The predicted molar refractivity (Wildman–Crippen MR) is 48.8 cm³/mol. The molecule has 0 radical (unpaired) electrons. The van der Waals surface area contributed by atoms with Gasteiger partial charge in [0.25, 0.3) is 0 Å². The van der Waals surface area contributed by atoms with Crippen molar-refractivity contribution in [2.24, 2.45) is 0 Å². The molecule has 0 unspecified atom stereocenters. The average Bonchev–Trinajstić information content (AvgIpc) is 2.44. The molecule has 1 aromatic heterocycles. The Kier molecular flexibility index (Phi) is 0.626. The summed E-state index contributed by atoms with van der Waals surface area (Å²) in [5.41, 5.74) is -0.235. The highest BCUT2D eigenvalue weighted by Gasteiger charge is 2.21. The van der Waals surface area contributed by atoms with E-state index in [9.17, 15) is 0 Å². The van der Waals surface area contributed by atoms with Crippen molar-refractivity contribution in [3.8, 4) is 0 Å². The minimum Gasteiger partial charge on any atom is -0.299 e. The molecule has 2 rings (SSSR count). The fraction of sp³-hybridized carbons (Fsp3) is 0.500. The fourth-order valence-electron chi connectivity index (χ4n) is 0.959. The molecule has 1 aromatic rings. The molecule has 1 aliphatic rings. The van der Waals surface area contributed by atoms with Crippen molar-refractivity contribution < 1.29 is 13.7 Å². The van der Waals surface area contributed by atoms with Gasteiger partial charge in [0, 0.05) is 30.7 Å². The highest BCUT2D eigenvalue weighted by Crippen LogP contribution is 2.29. The van der Waals surface area contributed by atoms with Gasteiger partial charge >= 0.3 is 0 Å². The third kappa shape index (κ3) is 1.34. The van der Waals surface area contributed by atoms with E-state index in [4.69, 9.17) is 13.7 Å². The van der Waals surface area contributed by atoms with Gasteiger partial charge in [-0.15, -0.1) is 0 Å². The van der Waals surface area contributed by atoms with Crippen LogP contribution in [0.3, 0.4) is 0 Å². The molecule has 1 fully saturated rings. The van der Waals surface area contributed by atoms with E-state index < -0.39 is 32.2 Å². The van der Waals surface area contributed by atoms with Crippen molar-refractivity contribution in [2.75, 3.05) is 13.5 Å². The van der Waals surface area contributed by atoms with Gasteiger partial charge in [0.05, 0.1) is 1.37 Å². The molecule has 1 saturated heterocycles. The highest BCUT2D eigenvalue weighted by molar-refractivity contribution is 5.14. The Morgan fingerprint density at radius 1 is 1.92 bits per heavy atom. The Balaban J connectivity index is 2.84. The number of rotatable bonds is 1. The van der Waals surface area contributed by atoms with Crippen LogP contribution in [0.1, 0.15) is 38.0 Å². The molecule has 2 heteroatoms. The Morgan fingerprint density at radius 2 is 2.92 bits per heavy atom. The van der Waals surface area contributed by atoms with Crippen LogP contribution in [0.25, 0.3) is 0 Å². The van der Waals surface area contributed by atoms with Crippen LogP contribution >= 0.6 is 0 Å². The van der Waals surface area contributed by atoms with Crippen LogP contribution in [0, 0.1) is 0 Å². The molecule has 0 amide bonds.